The van der Waals surface area contributed by atoms with Crippen molar-refractivity contribution in [3.05, 3.63) is 34.9 Å². The van der Waals surface area contributed by atoms with Gasteiger partial charge < -0.3 is 5.32 Å². The minimum absolute atomic E-state index is 0.235. The Morgan fingerprint density at radius 2 is 1.83 bits per heavy atom. The second-order valence-corrected chi connectivity index (χ2v) is 5.08. The van der Waals surface area contributed by atoms with Crippen molar-refractivity contribution >= 4 is 0 Å². The van der Waals surface area contributed by atoms with Gasteiger partial charge in [-0.3, -0.25) is 9.29 Å². The van der Waals surface area contributed by atoms with E-state index in [1.54, 1.807) is 0 Å². The number of nitrogens with one attached hydrogen (secondary N) is 1. The predicted molar refractivity (Wildman–Crippen MR) is 73.7 cm³/mol. The summed E-state index contributed by atoms with van der Waals surface area (Å²) in [6.07, 6.45) is 0.603. The Morgan fingerprint density at radius 3 is 2.39 bits per heavy atom. The second kappa shape index (κ2) is 6.30. The molecule has 1 aliphatic heterocycles. The van der Waals surface area contributed by atoms with E-state index in [9.17, 15) is 4.39 Å². The molecule has 1 N–H and O–H groups in total. The first-order valence-electron chi connectivity index (χ1n) is 6.81. The minimum atomic E-state index is -0.248. The molecular weight excluding hydrogens is 227 g/mol. The van der Waals surface area contributed by atoms with Crippen LogP contribution >= 0.6 is 0 Å². The van der Waals surface area contributed by atoms with Crippen molar-refractivity contribution < 1.29 is 4.39 Å². The lowest BCUT2D eigenvalue weighted by molar-refractivity contribution is 0.156. The largest absolute Gasteiger partial charge is 0.314 e. The molecule has 2 rings (SSSR count). The fourth-order valence-corrected chi connectivity index (χ4v) is 2.96. The van der Waals surface area contributed by atoms with Gasteiger partial charge >= 0.3 is 0 Å². The molecular formula is C15H23FN2. The molecule has 1 aromatic carbocycles. The van der Waals surface area contributed by atoms with E-state index in [1.807, 2.05) is 0 Å². The molecule has 0 radical (unpaired) electrons. The summed E-state index contributed by atoms with van der Waals surface area (Å²) in [5.41, 5.74) is 3.90. The molecule has 0 unspecified atom stereocenters. The number of aryl methyl sites for hydroxylation is 2. The zero-order chi connectivity index (χ0) is 13.0. The summed E-state index contributed by atoms with van der Waals surface area (Å²) < 4.78 is 12.9. The van der Waals surface area contributed by atoms with E-state index in [2.05, 4.69) is 42.3 Å². The SMILES string of the molecule is Cc1cccc(C)c1[C@@H](CCF)N1CCNCC1. The molecule has 1 atom stereocenters. The zero-order valence-electron chi connectivity index (χ0n) is 11.4. The molecule has 0 amide bonds. The number of alkyl halides is 1. The van der Waals surface area contributed by atoms with E-state index in [0.29, 0.717) is 6.42 Å². The fraction of sp³-hybridized carbons (Fsp3) is 0.600. The van der Waals surface area contributed by atoms with E-state index in [-0.39, 0.29) is 12.7 Å². The molecule has 1 fully saturated rings. The Bertz CT molecular complexity index is 366. The number of hydrogen-bond acceptors (Lipinski definition) is 2. The first-order chi connectivity index (χ1) is 8.74. The van der Waals surface area contributed by atoms with Gasteiger partial charge in [0.15, 0.2) is 0 Å². The number of rotatable bonds is 4. The van der Waals surface area contributed by atoms with E-state index >= 15 is 0 Å². The second-order valence-electron chi connectivity index (χ2n) is 5.08. The first-order valence-corrected chi connectivity index (χ1v) is 6.81. The average molecular weight is 250 g/mol. The highest BCUT2D eigenvalue weighted by molar-refractivity contribution is 5.36. The highest BCUT2D eigenvalue weighted by Crippen LogP contribution is 2.30. The predicted octanol–water partition coefficient (Wildman–Crippen LogP) is 2.61. The third-order valence-corrected chi connectivity index (χ3v) is 3.85. The molecule has 0 spiro atoms. The third-order valence-electron chi connectivity index (χ3n) is 3.85. The van der Waals surface area contributed by atoms with Gasteiger partial charge in [0, 0.05) is 32.2 Å². The minimum Gasteiger partial charge on any atom is -0.314 e. The van der Waals surface area contributed by atoms with Crippen molar-refractivity contribution in [2.45, 2.75) is 26.3 Å². The van der Waals surface area contributed by atoms with Crippen LogP contribution in [0.15, 0.2) is 18.2 Å². The molecule has 1 aromatic rings. The molecule has 1 heterocycles. The van der Waals surface area contributed by atoms with Crippen LogP contribution in [-0.2, 0) is 0 Å². The molecule has 2 nitrogen and oxygen atoms in total. The third kappa shape index (κ3) is 2.90. The summed E-state index contributed by atoms with van der Waals surface area (Å²) in [7, 11) is 0. The number of benzene rings is 1. The first kappa shape index (κ1) is 13.5. The Kier molecular flexibility index (Phi) is 4.72. The van der Waals surface area contributed by atoms with Crippen LogP contribution in [0.1, 0.15) is 29.2 Å². The van der Waals surface area contributed by atoms with Crippen molar-refractivity contribution in [3.8, 4) is 0 Å². The van der Waals surface area contributed by atoms with E-state index in [4.69, 9.17) is 0 Å². The van der Waals surface area contributed by atoms with Crippen molar-refractivity contribution in [2.75, 3.05) is 32.9 Å². The van der Waals surface area contributed by atoms with Gasteiger partial charge in [-0.1, -0.05) is 18.2 Å². The van der Waals surface area contributed by atoms with Gasteiger partial charge in [0.2, 0.25) is 0 Å². The number of halogens is 1. The quantitative estimate of drug-likeness (QED) is 0.883. The van der Waals surface area contributed by atoms with Crippen LogP contribution in [-0.4, -0.2) is 37.8 Å². The number of hydrogen-bond donors (Lipinski definition) is 1. The standard InChI is InChI=1S/C15H23FN2/c1-12-4-3-5-13(2)15(12)14(6-7-16)18-10-8-17-9-11-18/h3-5,14,17H,6-11H2,1-2H3/t14-/m1/s1. The molecule has 0 aromatic heterocycles. The lowest BCUT2D eigenvalue weighted by atomic mass is 9.93. The van der Waals surface area contributed by atoms with Crippen LogP contribution in [0.2, 0.25) is 0 Å². The average Bonchev–Trinajstić information content (AvgIpc) is 2.38. The van der Waals surface area contributed by atoms with Crippen LogP contribution in [0.25, 0.3) is 0 Å². The molecule has 0 aliphatic carbocycles. The monoisotopic (exact) mass is 250 g/mol. The Morgan fingerprint density at radius 1 is 1.22 bits per heavy atom. The summed E-state index contributed by atoms with van der Waals surface area (Å²) in [5, 5.41) is 3.36. The van der Waals surface area contributed by atoms with Crippen LogP contribution in [0.5, 0.6) is 0 Å². The topological polar surface area (TPSA) is 15.3 Å². The lowest BCUT2D eigenvalue weighted by Gasteiger charge is -2.36. The van der Waals surface area contributed by atoms with Crippen molar-refractivity contribution in [2.24, 2.45) is 0 Å². The maximum atomic E-state index is 12.9. The maximum Gasteiger partial charge on any atom is 0.0912 e. The Balaban J connectivity index is 2.28. The summed E-state index contributed by atoms with van der Waals surface area (Å²) in [5.74, 6) is 0. The molecule has 3 heteroatoms. The van der Waals surface area contributed by atoms with Crippen LogP contribution < -0.4 is 5.32 Å². The van der Waals surface area contributed by atoms with Crippen LogP contribution in [0.4, 0.5) is 4.39 Å². The highest BCUT2D eigenvalue weighted by atomic mass is 19.1. The molecule has 0 saturated carbocycles. The van der Waals surface area contributed by atoms with Gasteiger partial charge in [-0.25, -0.2) is 0 Å². The van der Waals surface area contributed by atoms with Crippen molar-refractivity contribution in [1.29, 1.82) is 0 Å². The normalized spacial score (nSPS) is 18.8. The van der Waals surface area contributed by atoms with Gasteiger partial charge in [0.1, 0.15) is 0 Å². The molecule has 100 valence electrons. The van der Waals surface area contributed by atoms with Crippen molar-refractivity contribution in [3.63, 3.8) is 0 Å². The Hall–Kier alpha value is -0.930. The van der Waals surface area contributed by atoms with Crippen LogP contribution in [0, 0.1) is 13.8 Å². The number of nitrogens with zero attached hydrogens (tertiary/aromatic N) is 1. The molecule has 18 heavy (non-hydrogen) atoms. The van der Waals surface area contributed by atoms with Gasteiger partial charge in [-0.2, -0.15) is 0 Å². The van der Waals surface area contributed by atoms with E-state index < -0.39 is 0 Å². The lowest BCUT2D eigenvalue weighted by Crippen LogP contribution is -2.45. The molecule has 1 aliphatic rings. The van der Waals surface area contributed by atoms with Gasteiger partial charge in [-0.15, -0.1) is 0 Å². The van der Waals surface area contributed by atoms with Gasteiger partial charge in [0.25, 0.3) is 0 Å². The Labute approximate surface area is 109 Å². The smallest absolute Gasteiger partial charge is 0.0912 e. The summed E-state index contributed by atoms with van der Waals surface area (Å²) >= 11 is 0. The zero-order valence-corrected chi connectivity index (χ0v) is 11.4. The number of piperazine rings is 1. The molecule has 0 bridgehead atoms. The maximum absolute atomic E-state index is 12.9. The van der Waals surface area contributed by atoms with E-state index in [0.717, 1.165) is 26.2 Å². The summed E-state index contributed by atoms with van der Waals surface area (Å²) in [6, 6.07) is 6.59. The fourth-order valence-electron chi connectivity index (χ4n) is 2.96. The van der Waals surface area contributed by atoms with Crippen LogP contribution in [0.3, 0.4) is 0 Å². The summed E-state index contributed by atoms with van der Waals surface area (Å²) in [4.78, 5) is 2.42. The highest BCUT2D eigenvalue weighted by Gasteiger charge is 2.24. The van der Waals surface area contributed by atoms with Gasteiger partial charge in [0.05, 0.1) is 6.67 Å². The summed E-state index contributed by atoms with van der Waals surface area (Å²) in [6.45, 7) is 8.06. The van der Waals surface area contributed by atoms with E-state index in [1.165, 1.54) is 16.7 Å². The van der Waals surface area contributed by atoms with Gasteiger partial charge in [-0.05, 0) is 37.0 Å². The van der Waals surface area contributed by atoms with Crippen molar-refractivity contribution in [1.82, 2.24) is 10.2 Å². The molecule has 1 saturated heterocycles.